The molecule has 0 spiro atoms. The molecule has 0 aromatic heterocycles. The first-order valence-corrected chi connectivity index (χ1v) is 4.87. The number of nitrogens with one attached hydrogen (secondary N) is 1. The first kappa shape index (κ1) is 8.57. The fourth-order valence-electron chi connectivity index (χ4n) is 1.65. The molecule has 1 aliphatic heterocycles. The Morgan fingerprint density at radius 3 is 3.15 bits per heavy atom. The Morgan fingerprint density at radius 1 is 1.46 bits per heavy atom. The first-order valence-electron chi connectivity index (χ1n) is 4.87. The molecule has 2 rings (SSSR count). The summed E-state index contributed by atoms with van der Waals surface area (Å²) in [5.74, 6) is 1.04. The zero-order valence-electron chi connectivity index (χ0n) is 7.92. The van der Waals surface area contributed by atoms with Crippen LogP contribution in [0.25, 0.3) is 0 Å². The minimum Gasteiger partial charge on any atom is -0.491 e. The SMILES string of the molecule is CCCNC1COc2ccccc21. The molecule has 1 aromatic rings. The third-order valence-electron chi connectivity index (χ3n) is 2.34. The highest BCUT2D eigenvalue weighted by atomic mass is 16.5. The van der Waals surface area contributed by atoms with E-state index in [1.165, 1.54) is 12.0 Å². The van der Waals surface area contributed by atoms with Crippen LogP contribution in [0, 0.1) is 0 Å². The van der Waals surface area contributed by atoms with E-state index in [2.05, 4.69) is 24.4 Å². The van der Waals surface area contributed by atoms with E-state index in [-0.39, 0.29) is 0 Å². The zero-order chi connectivity index (χ0) is 9.10. The molecule has 0 fully saturated rings. The molecule has 2 heteroatoms. The second-order valence-electron chi connectivity index (χ2n) is 3.36. The Hall–Kier alpha value is -1.02. The molecule has 0 aliphatic carbocycles. The van der Waals surface area contributed by atoms with Crippen LogP contribution in [-0.2, 0) is 0 Å². The Morgan fingerprint density at radius 2 is 2.31 bits per heavy atom. The molecule has 1 unspecified atom stereocenters. The predicted octanol–water partition coefficient (Wildman–Crippen LogP) is 2.12. The minimum absolute atomic E-state index is 0.399. The average molecular weight is 177 g/mol. The van der Waals surface area contributed by atoms with Gasteiger partial charge in [0.1, 0.15) is 12.4 Å². The highest BCUT2D eigenvalue weighted by molar-refractivity contribution is 5.39. The lowest BCUT2D eigenvalue weighted by atomic mass is 10.1. The Balaban J connectivity index is 2.09. The molecule has 0 saturated heterocycles. The second kappa shape index (κ2) is 3.79. The summed E-state index contributed by atoms with van der Waals surface area (Å²) in [6.07, 6.45) is 1.17. The number of hydrogen-bond donors (Lipinski definition) is 1. The Labute approximate surface area is 78.9 Å². The van der Waals surface area contributed by atoms with Crippen molar-refractivity contribution >= 4 is 0 Å². The van der Waals surface area contributed by atoms with Crippen molar-refractivity contribution in [1.82, 2.24) is 5.32 Å². The lowest BCUT2D eigenvalue weighted by Gasteiger charge is -2.09. The van der Waals surface area contributed by atoms with Crippen LogP contribution in [0.1, 0.15) is 24.9 Å². The van der Waals surface area contributed by atoms with Gasteiger partial charge in [-0.3, -0.25) is 0 Å². The van der Waals surface area contributed by atoms with E-state index in [0.717, 1.165) is 18.9 Å². The molecule has 0 amide bonds. The predicted molar refractivity (Wildman–Crippen MR) is 53.0 cm³/mol. The van der Waals surface area contributed by atoms with Crippen LogP contribution in [0.5, 0.6) is 5.75 Å². The summed E-state index contributed by atoms with van der Waals surface area (Å²) in [6, 6.07) is 8.64. The van der Waals surface area contributed by atoms with Crippen LogP contribution in [0.3, 0.4) is 0 Å². The number of rotatable bonds is 3. The van der Waals surface area contributed by atoms with Gasteiger partial charge in [-0.2, -0.15) is 0 Å². The van der Waals surface area contributed by atoms with E-state index >= 15 is 0 Å². The summed E-state index contributed by atoms with van der Waals surface area (Å²) in [4.78, 5) is 0. The van der Waals surface area contributed by atoms with Crippen molar-refractivity contribution < 1.29 is 4.74 Å². The van der Waals surface area contributed by atoms with E-state index in [0.29, 0.717) is 6.04 Å². The number of fused-ring (bicyclic) bond motifs is 1. The molecule has 1 aromatic carbocycles. The maximum absolute atomic E-state index is 5.55. The van der Waals surface area contributed by atoms with Gasteiger partial charge >= 0.3 is 0 Å². The minimum atomic E-state index is 0.399. The van der Waals surface area contributed by atoms with Gasteiger partial charge in [-0.1, -0.05) is 25.1 Å². The molecular weight excluding hydrogens is 162 g/mol. The van der Waals surface area contributed by atoms with Gasteiger partial charge in [-0.05, 0) is 19.0 Å². The number of ether oxygens (including phenoxy) is 1. The summed E-state index contributed by atoms with van der Waals surface area (Å²) in [7, 11) is 0. The fraction of sp³-hybridized carbons (Fsp3) is 0.455. The molecule has 0 radical (unpaired) electrons. The molecule has 1 atom stereocenters. The van der Waals surface area contributed by atoms with Crippen molar-refractivity contribution in [3.63, 3.8) is 0 Å². The van der Waals surface area contributed by atoms with Crippen LogP contribution in [0.2, 0.25) is 0 Å². The maximum atomic E-state index is 5.55. The van der Waals surface area contributed by atoms with E-state index in [4.69, 9.17) is 4.74 Å². The van der Waals surface area contributed by atoms with E-state index in [9.17, 15) is 0 Å². The van der Waals surface area contributed by atoms with E-state index in [1.54, 1.807) is 0 Å². The number of benzene rings is 1. The van der Waals surface area contributed by atoms with E-state index in [1.807, 2.05) is 12.1 Å². The molecular formula is C11H15NO. The van der Waals surface area contributed by atoms with Crippen LogP contribution < -0.4 is 10.1 Å². The van der Waals surface area contributed by atoms with Gasteiger partial charge in [-0.15, -0.1) is 0 Å². The van der Waals surface area contributed by atoms with Crippen LogP contribution in [0.4, 0.5) is 0 Å². The quantitative estimate of drug-likeness (QED) is 0.763. The molecule has 1 aliphatic rings. The van der Waals surface area contributed by atoms with E-state index < -0.39 is 0 Å². The van der Waals surface area contributed by atoms with Crippen molar-refractivity contribution in [3.8, 4) is 5.75 Å². The van der Waals surface area contributed by atoms with Gasteiger partial charge in [0.05, 0.1) is 6.04 Å². The first-order chi connectivity index (χ1) is 6.42. The van der Waals surface area contributed by atoms with Crippen LogP contribution in [0.15, 0.2) is 24.3 Å². The summed E-state index contributed by atoms with van der Waals surface area (Å²) in [5, 5.41) is 3.46. The van der Waals surface area contributed by atoms with Crippen LogP contribution >= 0.6 is 0 Å². The van der Waals surface area contributed by atoms with Gasteiger partial charge in [0.15, 0.2) is 0 Å². The third kappa shape index (κ3) is 1.68. The highest BCUT2D eigenvalue weighted by Gasteiger charge is 2.21. The summed E-state index contributed by atoms with van der Waals surface area (Å²) in [5.41, 5.74) is 1.30. The van der Waals surface area contributed by atoms with Gasteiger partial charge < -0.3 is 10.1 Å². The standard InChI is InChI=1S/C11H15NO/c1-2-7-12-10-8-13-11-6-4-3-5-9(10)11/h3-6,10,12H,2,7-8H2,1H3. The Kier molecular flexibility index (Phi) is 2.50. The fourth-order valence-corrected chi connectivity index (χ4v) is 1.65. The molecule has 1 heterocycles. The van der Waals surface area contributed by atoms with Crippen LogP contribution in [-0.4, -0.2) is 13.2 Å². The van der Waals surface area contributed by atoms with Gasteiger partial charge in [0.25, 0.3) is 0 Å². The molecule has 1 N–H and O–H groups in total. The molecule has 0 bridgehead atoms. The van der Waals surface area contributed by atoms with Gasteiger partial charge in [0, 0.05) is 5.56 Å². The number of para-hydroxylation sites is 1. The summed E-state index contributed by atoms with van der Waals surface area (Å²) in [6.45, 7) is 4.01. The lowest BCUT2D eigenvalue weighted by Crippen LogP contribution is -2.22. The van der Waals surface area contributed by atoms with Gasteiger partial charge in [0.2, 0.25) is 0 Å². The summed E-state index contributed by atoms with van der Waals surface area (Å²) < 4.78 is 5.55. The average Bonchev–Trinajstić information content (AvgIpc) is 2.58. The second-order valence-corrected chi connectivity index (χ2v) is 3.36. The number of hydrogen-bond acceptors (Lipinski definition) is 2. The molecule has 0 saturated carbocycles. The highest BCUT2D eigenvalue weighted by Crippen LogP contribution is 2.31. The third-order valence-corrected chi connectivity index (χ3v) is 2.34. The van der Waals surface area contributed by atoms with Gasteiger partial charge in [-0.25, -0.2) is 0 Å². The van der Waals surface area contributed by atoms with Crippen molar-refractivity contribution in [2.45, 2.75) is 19.4 Å². The Bertz CT molecular complexity index is 285. The van der Waals surface area contributed by atoms with Crippen molar-refractivity contribution in [1.29, 1.82) is 0 Å². The molecule has 2 nitrogen and oxygen atoms in total. The topological polar surface area (TPSA) is 21.3 Å². The normalized spacial score (nSPS) is 19.6. The van der Waals surface area contributed by atoms with Crippen molar-refractivity contribution in [2.24, 2.45) is 0 Å². The largest absolute Gasteiger partial charge is 0.491 e. The molecule has 13 heavy (non-hydrogen) atoms. The lowest BCUT2D eigenvalue weighted by molar-refractivity contribution is 0.311. The van der Waals surface area contributed by atoms with Crippen molar-refractivity contribution in [2.75, 3.05) is 13.2 Å². The monoisotopic (exact) mass is 177 g/mol. The maximum Gasteiger partial charge on any atom is 0.124 e. The van der Waals surface area contributed by atoms with Crippen molar-refractivity contribution in [3.05, 3.63) is 29.8 Å². The smallest absolute Gasteiger partial charge is 0.124 e. The zero-order valence-corrected chi connectivity index (χ0v) is 7.92. The molecule has 70 valence electrons. The summed E-state index contributed by atoms with van der Waals surface area (Å²) >= 11 is 0.